The minimum Gasteiger partial charge on any atom is -0.550 e. The molecular weight excluding hydrogens is 407 g/mol. The van der Waals surface area contributed by atoms with Crippen LogP contribution < -0.4 is 29.1 Å². The fourth-order valence-corrected chi connectivity index (χ4v) is 1.28. The van der Waals surface area contributed by atoms with E-state index in [-0.39, 0.29) is 23.5 Å². The van der Waals surface area contributed by atoms with Crippen molar-refractivity contribution in [3.8, 4) is 0 Å². The molecule has 0 unspecified atom stereocenters. The number of carboxylic acids is 1. The normalized spacial score (nSPS) is 9.64. The Kier molecular flexibility index (Phi) is 15.2. The van der Waals surface area contributed by atoms with Gasteiger partial charge in [0.05, 0.1) is 12.0 Å². The van der Waals surface area contributed by atoms with Gasteiger partial charge in [-0.25, -0.2) is 23.6 Å². The Morgan fingerprint density at radius 2 is 1.76 bits per heavy atom. The molecule has 0 saturated heterocycles. The molecule has 0 aliphatic heterocycles. The zero-order chi connectivity index (χ0) is 18.4. The quantitative estimate of drug-likeness (QED) is 0.351. The predicted octanol–water partition coefficient (Wildman–Crippen LogP) is -4.73. The first-order valence-corrected chi connectivity index (χ1v) is 7.79. The van der Waals surface area contributed by atoms with Gasteiger partial charge in [0.2, 0.25) is 0 Å². The number of imidazole rings is 1. The number of aromatic nitrogens is 3. The molecule has 0 spiro atoms. The molecule has 0 aromatic carbocycles. The Balaban J connectivity index is 0. The maximum atomic E-state index is 10.1. The number of aliphatic carboxylic acids is 1. The molecule has 12 heteroatoms. The van der Waals surface area contributed by atoms with Crippen molar-refractivity contribution in [2.75, 3.05) is 6.54 Å². The number of carbonyl (C=O) groups excluding carboxylic acids is 1. The summed E-state index contributed by atoms with van der Waals surface area (Å²) in [6, 6.07) is 5.72. The Labute approximate surface area is 157 Å². The molecule has 2 N–H and O–H groups in total. The number of halogens is 1. The van der Waals surface area contributed by atoms with Crippen LogP contribution in [0.1, 0.15) is 17.8 Å². The summed E-state index contributed by atoms with van der Waals surface area (Å²) in [7, 11) is -4.94. The second-order valence-corrected chi connectivity index (χ2v) is 4.93. The van der Waals surface area contributed by atoms with Gasteiger partial charge in [-0.05, 0) is 25.5 Å². The van der Waals surface area contributed by atoms with Gasteiger partial charge in [-0.2, -0.15) is 0 Å². The fraction of sp³-hybridized carbons (Fsp3) is 0.308. The van der Waals surface area contributed by atoms with Crippen LogP contribution in [-0.2, 0) is 28.4 Å². The number of hydrogen-bond acceptors (Lipinski definition) is 9. The minimum absolute atomic E-state index is 0. The molecular formula is C13H17ClCuN4O6. The zero-order valence-corrected chi connectivity index (χ0v) is 14.8. The van der Waals surface area contributed by atoms with E-state index in [1.807, 2.05) is 25.1 Å². The van der Waals surface area contributed by atoms with Crippen LogP contribution in [0.3, 0.4) is 0 Å². The van der Waals surface area contributed by atoms with Crippen LogP contribution in [-0.4, -0.2) is 27.5 Å². The third kappa shape index (κ3) is 20.4. The number of rotatable bonds is 5. The Bertz CT molecular complexity index is 534. The van der Waals surface area contributed by atoms with Crippen LogP contribution in [0.5, 0.6) is 0 Å². The number of H-pyrrole nitrogens is 1. The molecule has 0 bridgehead atoms. The van der Waals surface area contributed by atoms with Crippen LogP contribution in [0.4, 0.5) is 0 Å². The fourth-order valence-electron chi connectivity index (χ4n) is 1.28. The van der Waals surface area contributed by atoms with Crippen LogP contribution in [0.2, 0.25) is 0 Å². The summed E-state index contributed by atoms with van der Waals surface area (Å²) >= 11 is 0. The van der Waals surface area contributed by atoms with Crippen molar-refractivity contribution in [2.24, 2.45) is 0 Å². The summed E-state index contributed by atoms with van der Waals surface area (Å²) < 4.78 is 34.0. The molecule has 2 heterocycles. The number of hydrogen-bond donors (Lipinski definition) is 2. The van der Waals surface area contributed by atoms with E-state index in [4.69, 9.17) is 18.6 Å². The molecule has 0 amide bonds. The van der Waals surface area contributed by atoms with E-state index >= 15 is 0 Å². The summed E-state index contributed by atoms with van der Waals surface area (Å²) in [6.45, 7) is 2.92. The van der Waals surface area contributed by atoms with E-state index in [9.17, 15) is 9.90 Å². The van der Waals surface area contributed by atoms with E-state index in [1.54, 1.807) is 18.7 Å². The third-order valence-corrected chi connectivity index (χ3v) is 2.30. The van der Waals surface area contributed by atoms with E-state index < -0.39 is 16.2 Å². The number of aromatic amines is 1. The van der Waals surface area contributed by atoms with E-state index in [0.717, 1.165) is 11.4 Å². The maximum Gasteiger partial charge on any atom is 2.00 e. The number of carbonyl (C=O) groups is 1. The Morgan fingerprint density at radius 1 is 1.20 bits per heavy atom. The van der Waals surface area contributed by atoms with Crippen LogP contribution >= 0.6 is 0 Å². The number of carboxylic acid groups (broad SMARTS) is 1. The molecule has 2 aromatic heterocycles. The number of nitrogens with zero attached hydrogens (tertiary/aromatic N) is 2. The summed E-state index contributed by atoms with van der Waals surface area (Å²) in [5.74, 6) is -1.04. The first-order chi connectivity index (χ1) is 11.2. The van der Waals surface area contributed by atoms with Crippen molar-refractivity contribution in [1.82, 2.24) is 20.3 Å². The van der Waals surface area contributed by atoms with Gasteiger partial charge in [-0.3, -0.25) is 4.98 Å². The van der Waals surface area contributed by atoms with Crippen molar-refractivity contribution in [3.05, 3.63) is 48.3 Å². The van der Waals surface area contributed by atoms with E-state index in [2.05, 4.69) is 20.3 Å². The van der Waals surface area contributed by atoms with Crippen LogP contribution in [0, 0.1) is 17.2 Å². The molecule has 0 aliphatic carbocycles. The molecule has 0 fully saturated rings. The number of aryl methyl sites for hydroxylation is 1. The smallest absolute Gasteiger partial charge is 0.550 e. The minimum atomic E-state index is -4.94. The van der Waals surface area contributed by atoms with Crippen LogP contribution in [0.15, 0.2) is 36.9 Å². The topological polar surface area (TPSA) is 186 Å². The van der Waals surface area contributed by atoms with E-state index in [1.165, 1.54) is 0 Å². The summed E-state index contributed by atoms with van der Waals surface area (Å²) in [5.41, 5.74) is 1.92. The van der Waals surface area contributed by atoms with Crippen molar-refractivity contribution in [3.63, 3.8) is 0 Å². The average Bonchev–Trinajstić information content (AvgIpc) is 2.90. The zero-order valence-electron chi connectivity index (χ0n) is 13.1. The largest absolute Gasteiger partial charge is 2.00 e. The van der Waals surface area contributed by atoms with Gasteiger partial charge in [-0.15, -0.1) is 10.2 Å². The van der Waals surface area contributed by atoms with Gasteiger partial charge >= 0.3 is 17.1 Å². The molecule has 25 heavy (non-hydrogen) atoms. The second-order valence-electron chi connectivity index (χ2n) is 4.18. The van der Waals surface area contributed by atoms with Gasteiger partial charge in [0.15, 0.2) is 0 Å². The maximum absolute atomic E-state index is 10.1. The van der Waals surface area contributed by atoms with E-state index in [0.29, 0.717) is 13.1 Å². The molecule has 143 valence electrons. The predicted molar refractivity (Wildman–Crippen MR) is 68.9 cm³/mol. The summed E-state index contributed by atoms with van der Waals surface area (Å²) in [4.78, 5) is 20.8. The molecule has 10 nitrogen and oxygen atoms in total. The molecule has 2 aromatic rings. The Hall–Kier alpha value is -1.56. The molecule has 2 rings (SSSR count). The van der Waals surface area contributed by atoms with Gasteiger partial charge < -0.3 is 20.2 Å². The molecule has 0 atom stereocenters. The van der Waals surface area contributed by atoms with Gasteiger partial charge in [0, 0.05) is 37.1 Å². The monoisotopic (exact) mass is 423 g/mol. The third-order valence-electron chi connectivity index (χ3n) is 2.30. The first kappa shape index (κ1) is 25.7. The van der Waals surface area contributed by atoms with Crippen molar-refractivity contribution < 1.29 is 55.8 Å². The second kappa shape index (κ2) is 14.8. The van der Waals surface area contributed by atoms with Crippen molar-refractivity contribution in [2.45, 2.75) is 19.9 Å². The number of pyridine rings is 1. The van der Waals surface area contributed by atoms with Crippen LogP contribution in [0.25, 0.3) is 0 Å². The van der Waals surface area contributed by atoms with Gasteiger partial charge in [0.25, 0.3) is 0 Å². The van der Waals surface area contributed by atoms with Gasteiger partial charge in [0.1, 0.15) is 0 Å². The standard InChI is InChI=1S/C8H13N3O2.C5H5N.ClHO4.Cu/c1-6-7(11-5-10-6)4-9-3-2-8(12)13;1-2-4-6-5-3-1;2-1(3,4)5;/h5,9H,2-4H2,1H3,(H,10,11)(H,12,13);1-5H;(H,2,3,4,5);/q;;;+2/p-2. The van der Waals surface area contributed by atoms with Crippen molar-refractivity contribution >= 4 is 5.97 Å². The number of nitrogens with one attached hydrogen (secondary N) is 2. The molecule has 1 radical (unpaired) electrons. The summed E-state index contributed by atoms with van der Waals surface area (Å²) in [5, 5.41) is 13.0. The van der Waals surface area contributed by atoms with Gasteiger partial charge in [-0.1, -0.05) is 6.07 Å². The molecule has 0 saturated carbocycles. The Morgan fingerprint density at radius 3 is 2.08 bits per heavy atom. The SMILES string of the molecule is Cc1[nH]cnc1CNCCC(=O)[O-].[Cu+2].[O-][Cl+3]([O-])([O-])[O-].c1ccncc1. The average molecular weight is 424 g/mol. The summed E-state index contributed by atoms with van der Waals surface area (Å²) in [6.07, 6.45) is 5.15. The van der Waals surface area contributed by atoms with Crippen molar-refractivity contribution in [1.29, 1.82) is 0 Å². The molecule has 0 aliphatic rings. The first-order valence-electron chi connectivity index (χ1n) is 6.56.